The van der Waals surface area contributed by atoms with E-state index in [1.165, 1.54) is 0 Å². The molecule has 1 heterocycles. The van der Waals surface area contributed by atoms with Gasteiger partial charge in [-0.05, 0) is 28.3 Å². The lowest BCUT2D eigenvalue weighted by Gasteiger charge is -2.23. The minimum Gasteiger partial charge on any atom is -0.460 e. The van der Waals surface area contributed by atoms with Gasteiger partial charge < -0.3 is 20.4 Å². The molecule has 4 aromatic carbocycles. The highest BCUT2D eigenvalue weighted by Gasteiger charge is 2.29. The van der Waals surface area contributed by atoms with Crippen LogP contribution in [0.5, 0.6) is 0 Å². The van der Waals surface area contributed by atoms with Crippen molar-refractivity contribution in [1.29, 1.82) is 0 Å². The molecule has 0 radical (unpaired) electrons. The number of hydrogen-bond acceptors (Lipinski definition) is 4. The van der Waals surface area contributed by atoms with Gasteiger partial charge in [0.15, 0.2) is 0 Å². The second-order valence-corrected chi connectivity index (χ2v) is 9.74. The number of ether oxygens (including phenoxy) is 1. The van der Waals surface area contributed by atoms with Crippen molar-refractivity contribution in [1.82, 2.24) is 15.6 Å². The van der Waals surface area contributed by atoms with E-state index in [0.717, 1.165) is 33.2 Å². The van der Waals surface area contributed by atoms with E-state index in [0.29, 0.717) is 0 Å². The minimum atomic E-state index is -0.932. The summed E-state index contributed by atoms with van der Waals surface area (Å²) in [6, 6.07) is 35.1. The quantitative estimate of drug-likeness (QED) is 0.206. The zero-order chi connectivity index (χ0) is 28.4. The number of H-pyrrole nitrogens is 1. The van der Waals surface area contributed by atoms with Crippen LogP contribution in [0.4, 0.5) is 0 Å². The Labute approximate surface area is 238 Å². The molecular weight excluding hydrogens is 514 g/mol. The third-order valence-corrected chi connectivity index (χ3v) is 6.91. The molecule has 0 bridgehead atoms. The molecule has 0 spiro atoms. The molecule has 0 unspecified atom stereocenters. The van der Waals surface area contributed by atoms with Gasteiger partial charge in [-0.2, -0.15) is 0 Å². The average Bonchev–Trinajstić information content (AvgIpc) is 3.43. The standard InChI is InChI=1S/C34H31N3O4/c38-31(41-23-24-12-4-1-5-13-24)22-36-33(39)30(20-27-21-35-29-19-11-10-18-28(27)29)37-34(40)32(25-14-6-2-7-15-25)26-16-8-3-9-17-26/h1-19,21,30,32,35H,20,22-23H2,(H,36,39)(H,37,40)/t30-/m1/s1. The fourth-order valence-electron chi connectivity index (χ4n) is 4.84. The molecule has 0 aliphatic heterocycles. The van der Waals surface area contributed by atoms with Gasteiger partial charge >= 0.3 is 5.97 Å². The van der Waals surface area contributed by atoms with E-state index < -0.39 is 23.8 Å². The van der Waals surface area contributed by atoms with Gasteiger partial charge in [-0.3, -0.25) is 14.4 Å². The van der Waals surface area contributed by atoms with Crippen LogP contribution in [0.25, 0.3) is 10.9 Å². The number of aromatic amines is 1. The van der Waals surface area contributed by atoms with Crippen LogP contribution in [-0.2, 0) is 32.1 Å². The summed E-state index contributed by atoms with van der Waals surface area (Å²) < 4.78 is 5.31. The maximum atomic E-state index is 13.9. The number of rotatable bonds is 11. The first-order valence-electron chi connectivity index (χ1n) is 13.5. The Balaban J connectivity index is 1.34. The molecule has 0 fully saturated rings. The van der Waals surface area contributed by atoms with Gasteiger partial charge in [-0.1, -0.05) is 109 Å². The summed E-state index contributed by atoms with van der Waals surface area (Å²) in [6.45, 7) is -0.201. The Kier molecular flexibility index (Phi) is 8.86. The van der Waals surface area contributed by atoms with Gasteiger partial charge in [0.1, 0.15) is 19.2 Å². The molecule has 1 atom stereocenters. The monoisotopic (exact) mass is 545 g/mol. The number of esters is 1. The first-order chi connectivity index (χ1) is 20.1. The Morgan fingerprint density at radius 1 is 0.707 bits per heavy atom. The number of aromatic nitrogens is 1. The first-order valence-corrected chi connectivity index (χ1v) is 13.5. The summed E-state index contributed by atoms with van der Waals surface area (Å²) in [5.41, 5.74) is 4.29. The summed E-state index contributed by atoms with van der Waals surface area (Å²) in [5, 5.41) is 6.61. The smallest absolute Gasteiger partial charge is 0.325 e. The van der Waals surface area contributed by atoms with E-state index in [1.807, 2.05) is 121 Å². The van der Waals surface area contributed by atoms with Gasteiger partial charge in [0.05, 0.1) is 5.92 Å². The zero-order valence-electron chi connectivity index (χ0n) is 22.5. The molecule has 0 aliphatic carbocycles. The van der Waals surface area contributed by atoms with E-state index >= 15 is 0 Å². The van der Waals surface area contributed by atoms with Gasteiger partial charge in [0.2, 0.25) is 11.8 Å². The number of para-hydroxylation sites is 1. The topological polar surface area (TPSA) is 100 Å². The van der Waals surface area contributed by atoms with Crippen molar-refractivity contribution in [3.05, 3.63) is 144 Å². The molecule has 5 rings (SSSR count). The maximum absolute atomic E-state index is 13.9. The summed E-state index contributed by atoms with van der Waals surface area (Å²) in [4.78, 5) is 43.0. The molecule has 0 saturated heterocycles. The van der Waals surface area contributed by atoms with E-state index in [1.54, 1.807) is 0 Å². The molecule has 1 aromatic heterocycles. The summed E-state index contributed by atoms with van der Waals surface area (Å²) in [5.74, 6) is -1.97. The Morgan fingerprint density at radius 3 is 1.95 bits per heavy atom. The van der Waals surface area contributed by atoms with Crippen LogP contribution in [0.15, 0.2) is 121 Å². The molecule has 206 valence electrons. The number of fused-ring (bicyclic) bond motifs is 1. The molecule has 7 heteroatoms. The Morgan fingerprint density at radius 2 is 1.29 bits per heavy atom. The van der Waals surface area contributed by atoms with E-state index in [4.69, 9.17) is 4.74 Å². The SMILES string of the molecule is O=C(CNC(=O)[C@@H](Cc1c[nH]c2ccccc12)NC(=O)C(c1ccccc1)c1ccccc1)OCc1ccccc1. The summed E-state index contributed by atoms with van der Waals surface area (Å²) in [6.07, 6.45) is 2.08. The molecule has 0 saturated carbocycles. The molecule has 7 nitrogen and oxygen atoms in total. The van der Waals surface area contributed by atoms with Crippen molar-refractivity contribution in [3.63, 3.8) is 0 Å². The third-order valence-electron chi connectivity index (χ3n) is 6.91. The van der Waals surface area contributed by atoms with Crippen LogP contribution in [0.1, 0.15) is 28.2 Å². The van der Waals surface area contributed by atoms with E-state index in [9.17, 15) is 14.4 Å². The van der Waals surface area contributed by atoms with Crippen molar-refractivity contribution in [3.8, 4) is 0 Å². The van der Waals surface area contributed by atoms with Crippen LogP contribution in [0, 0.1) is 0 Å². The number of hydrogen-bond donors (Lipinski definition) is 3. The second-order valence-electron chi connectivity index (χ2n) is 9.74. The highest BCUT2D eigenvalue weighted by molar-refractivity contribution is 5.94. The zero-order valence-corrected chi connectivity index (χ0v) is 22.5. The minimum absolute atomic E-state index is 0.112. The number of amides is 2. The number of carbonyl (C=O) groups is 3. The van der Waals surface area contributed by atoms with Crippen LogP contribution in [0.3, 0.4) is 0 Å². The molecule has 2 amide bonds. The van der Waals surface area contributed by atoms with Crippen LogP contribution in [-0.4, -0.2) is 35.4 Å². The molecular formula is C34H31N3O4. The van der Waals surface area contributed by atoms with Crippen molar-refractivity contribution >= 4 is 28.7 Å². The summed E-state index contributed by atoms with van der Waals surface area (Å²) in [7, 11) is 0. The van der Waals surface area contributed by atoms with E-state index in [-0.39, 0.29) is 25.5 Å². The lowest BCUT2D eigenvalue weighted by Crippen LogP contribution is -2.50. The number of carbonyl (C=O) groups excluding carboxylic acids is 3. The van der Waals surface area contributed by atoms with Crippen LogP contribution < -0.4 is 10.6 Å². The van der Waals surface area contributed by atoms with Crippen molar-refractivity contribution in [2.75, 3.05) is 6.54 Å². The fourth-order valence-corrected chi connectivity index (χ4v) is 4.84. The Bertz CT molecular complexity index is 1560. The first kappa shape index (κ1) is 27.4. The highest BCUT2D eigenvalue weighted by atomic mass is 16.5. The van der Waals surface area contributed by atoms with E-state index in [2.05, 4.69) is 15.6 Å². The second kappa shape index (κ2) is 13.3. The third kappa shape index (κ3) is 7.08. The highest BCUT2D eigenvalue weighted by Crippen LogP contribution is 2.26. The number of nitrogens with one attached hydrogen (secondary N) is 3. The summed E-state index contributed by atoms with van der Waals surface area (Å²) >= 11 is 0. The van der Waals surface area contributed by atoms with Crippen molar-refractivity contribution < 1.29 is 19.1 Å². The van der Waals surface area contributed by atoms with Gasteiger partial charge in [0.25, 0.3) is 0 Å². The van der Waals surface area contributed by atoms with Gasteiger partial charge in [-0.25, -0.2) is 0 Å². The lowest BCUT2D eigenvalue weighted by molar-refractivity contribution is -0.145. The van der Waals surface area contributed by atoms with Gasteiger partial charge in [0, 0.05) is 23.5 Å². The predicted molar refractivity (Wildman–Crippen MR) is 158 cm³/mol. The normalized spacial score (nSPS) is 11.6. The largest absolute Gasteiger partial charge is 0.460 e. The molecule has 41 heavy (non-hydrogen) atoms. The molecule has 5 aromatic rings. The average molecular weight is 546 g/mol. The van der Waals surface area contributed by atoms with Gasteiger partial charge in [-0.15, -0.1) is 0 Å². The van der Waals surface area contributed by atoms with Crippen LogP contribution >= 0.6 is 0 Å². The van der Waals surface area contributed by atoms with Crippen molar-refractivity contribution in [2.24, 2.45) is 0 Å². The number of benzene rings is 4. The Hall–Kier alpha value is -5.17. The van der Waals surface area contributed by atoms with Crippen molar-refractivity contribution in [2.45, 2.75) is 25.0 Å². The molecule has 3 N–H and O–H groups in total. The fraction of sp³-hybridized carbons (Fsp3) is 0.147. The lowest BCUT2D eigenvalue weighted by atomic mass is 9.90. The maximum Gasteiger partial charge on any atom is 0.325 e. The molecule has 0 aliphatic rings. The predicted octanol–water partition coefficient (Wildman–Crippen LogP) is 4.89. The van der Waals surface area contributed by atoms with Crippen LogP contribution in [0.2, 0.25) is 0 Å².